The Labute approximate surface area is 453 Å². The third-order valence-electron chi connectivity index (χ3n) is 16.2. The average molecular weight is 1080 g/mol. The van der Waals surface area contributed by atoms with Crippen molar-refractivity contribution in [2.24, 2.45) is 5.92 Å². The quantitative estimate of drug-likeness (QED) is 0.0543. The van der Waals surface area contributed by atoms with Crippen molar-refractivity contribution in [1.29, 1.82) is 0 Å². The summed E-state index contributed by atoms with van der Waals surface area (Å²) in [7, 11) is -1.93. The van der Waals surface area contributed by atoms with E-state index in [0.29, 0.717) is 73.1 Å². The van der Waals surface area contributed by atoms with Gasteiger partial charge in [0.2, 0.25) is 17.8 Å². The second-order valence-corrected chi connectivity index (χ2v) is 25.1. The fourth-order valence-electron chi connectivity index (χ4n) is 11.2. The summed E-state index contributed by atoms with van der Waals surface area (Å²) in [5.41, 5.74) is 5.04. The number of nitrogens with zero attached hydrogens (tertiary/aromatic N) is 8. The number of sulfone groups is 1. The van der Waals surface area contributed by atoms with Gasteiger partial charge in [-0.25, -0.2) is 28.4 Å². The van der Waals surface area contributed by atoms with Crippen molar-refractivity contribution < 1.29 is 27.5 Å². The number of aryl methyl sites for hydroxylation is 2. The summed E-state index contributed by atoms with van der Waals surface area (Å²) in [6, 6.07) is 9.91. The first-order valence-corrected chi connectivity index (χ1v) is 29.1. The molecule has 4 aliphatic rings. The molecule has 5 heterocycles. The molecule has 2 saturated heterocycles. The topological polar surface area (TPSA) is 245 Å². The van der Waals surface area contributed by atoms with E-state index in [-0.39, 0.29) is 52.9 Å². The van der Waals surface area contributed by atoms with Crippen molar-refractivity contribution in [1.82, 2.24) is 61.2 Å². The maximum atomic E-state index is 14.8. The molecule has 5 aromatic rings. The number of hydrogen-bond acceptors (Lipinski definition) is 16. The Balaban J connectivity index is 0.803. The van der Waals surface area contributed by atoms with Gasteiger partial charge in [0, 0.05) is 93.0 Å². The number of carbonyl (C=O) groups excluding carboxylic acids is 3. The van der Waals surface area contributed by atoms with E-state index in [1.165, 1.54) is 11.9 Å². The number of likely N-dealkylation sites (tertiary alicyclic amines) is 1. The minimum absolute atomic E-state index is 0.0795. The number of rotatable bonds is 19. The fourth-order valence-corrected chi connectivity index (χ4v) is 12.5. The maximum absolute atomic E-state index is 14.8. The van der Waals surface area contributed by atoms with Crippen molar-refractivity contribution in [3.05, 3.63) is 83.1 Å². The van der Waals surface area contributed by atoms with E-state index in [0.717, 1.165) is 87.8 Å². The van der Waals surface area contributed by atoms with Gasteiger partial charge in [0.15, 0.2) is 15.7 Å². The smallest absolute Gasteiger partial charge is 0.254 e. The highest BCUT2D eigenvalue weighted by Gasteiger charge is 2.45. The Bertz CT molecular complexity index is 2990. The first-order chi connectivity index (χ1) is 37.0. The van der Waals surface area contributed by atoms with Crippen LogP contribution in [0.2, 0.25) is 0 Å². The number of carbonyl (C=O) groups is 3. The van der Waals surface area contributed by atoms with Gasteiger partial charge in [-0.1, -0.05) is 43.5 Å². The molecule has 3 amide bonds. The van der Waals surface area contributed by atoms with Crippen LogP contribution in [0.3, 0.4) is 0 Å². The molecule has 6 N–H and O–H groups in total. The van der Waals surface area contributed by atoms with Crippen molar-refractivity contribution in [3.63, 3.8) is 0 Å². The molecule has 9 rings (SSSR count). The standard InChI is InChI=1S/C56H78N14O6S/c1-35(57-7)30-58-49(39-16-9-8-10-17-39)54(73)70-33-41(27-46(70)53(72)64-44-20-13-18-38-15-11-12-19-42(38)44)63-52(71)40-31-59-55(60-32-40)69-24-22-68(23-25-69)21-14-26-76-47-29-45-43(28-48(47)77(74,75)56(4,5)6)51(62-34-61-45)65-50-36(2)37(3)66-67-50/h11-12,15,19,28-29,31-32,34-35,39,41,44,46,49,57-58H,8-10,13-14,16-18,20-27,30,33H2,1-7H3,(H,63,71)(H,64,72)(H2,61,62,65,66,67)/t35-,41-,44+,46-,49-/m0/s1. The van der Waals surface area contributed by atoms with Gasteiger partial charge < -0.3 is 41.1 Å². The summed E-state index contributed by atoms with van der Waals surface area (Å²) >= 11 is 0. The van der Waals surface area contributed by atoms with Crippen molar-refractivity contribution >= 4 is 56.0 Å². The molecule has 21 heteroatoms. The number of aromatic nitrogens is 6. The van der Waals surface area contributed by atoms with Crippen LogP contribution in [0.4, 0.5) is 17.6 Å². The van der Waals surface area contributed by atoms with E-state index in [4.69, 9.17) is 4.74 Å². The second kappa shape index (κ2) is 24.2. The number of piperazine rings is 1. The lowest BCUT2D eigenvalue weighted by molar-refractivity contribution is -0.141. The van der Waals surface area contributed by atoms with Crippen molar-refractivity contribution in [3.8, 4) is 5.75 Å². The minimum atomic E-state index is -3.84. The van der Waals surface area contributed by atoms with Crippen LogP contribution in [0, 0.1) is 19.8 Å². The molecule has 2 aliphatic carbocycles. The highest BCUT2D eigenvalue weighted by atomic mass is 32.2. The van der Waals surface area contributed by atoms with Crippen molar-refractivity contribution in [2.45, 2.75) is 146 Å². The Morgan fingerprint density at radius 1 is 0.909 bits per heavy atom. The number of H-pyrrole nitrogens is 1. The summed E-state index contributed by atoms with van der Waals surface area (Å²) in [5, 5.41) is 24.4. The zero-order chi connectivity index (χ0) is 54.4. The van der Waals surface area contributed by atoms with Gasteiger partial charge in [-0.15, -0.1) is 0 Å². The van der Waals surface area contributed by atoms with E-state index in [2.05, 4.69) is 85.6 Å². The number of likely N-dealkylation sites (N-methyl/N-ethyl adjacent to an activating group) is 1. The van der Waals surface area contributed by atoms with E-state index in [1.54, 1.807) is 50.2 Å². The summed E-state index contributed by atoms with van der Waals surface area (Å²) in [5.74, 6) is 1.34. The van der Waals surface area contributed by atoms with Gasteiger partial charge >= 0.3 is 0 Å². The van der Waals surface area contributed by atoms with E-state index in [1.807, 2.05) is 33.0 Å². The molecule has 2 aliphatic heterocycles. The van der Waals surface area contributed by atoms with Crippen LogP contribution in [0.5, 0.6) is 5.75 Å². The monoisotopic (exact) mass is 1070 g/mol. The molecule has 3 fully saturated rings. The predicted molar refractivity (Wildman–Crippen MR) is 297 cm³/mol. The third kappa shape index (κ3) is 12.7. The Morgan fingerprint density at radius 2 is 1.66 bits per heavy atom. The number of anilines is 3. The van der Waals surface area contributed by atoms with Crippen LogP contribution in [0.25, 0.3) is 10.9 Å². The lowest BCUT2D eigenvalue weighted by atomic mass is 9.83. The van der Waals surface area contributed by atoms with Crippen LogP contribution in [-0.4, -0.2) is 154 Å². The minimum Gasteiger partial charge on any atom is -0.492 e. The van der Waals surface area contributed by atoms with Crippen molar-refractivity contribution in [2.75, 3.05) is 69.7 Å². The predicted octanol–water partition coefficient (Wildman–Crippen LogP) is 5.71. The van der Waals surface area contributed by atoms with E-state index < -0.39 is 32.7 Å². The normalized spacial score (nSPS) is 20.4. The zero-order valence-electron chi connectivity index (χ0n) is 45.8. The molecule has 2 aromatic carbocycles. The second-order valence-electron chi connectivity index (χ2n) is 22.4. The molecule has 20 nitrogen and oxygen atoms in total. The number of amides is 3. The van der Waals surface area contributed by atoms with Gasteiger partial charge in [0.25, 0.3) is 5.91 Å². The number of nitrogens with one attached hydrogen (secondary N) is 6. The molecule has 1 saturated carbocycles. The first-order valence-electron chi connectivity index (χ1n) is 27.6. The molecular formula is C56H78N14O6S. The number of fused-ring (bicyclic) bond motifs is 2. The highest BCUT2D eigenvalue weighted by Crippen LogP contribution is 2.38. The molecule has 0 unspecified atom stereocenters. The Hall–Kier alpha value is -6.29. The van der Waals surface area contributed by atoms with Crippen LogP contribution in [0.1, 0.15) is 124 Å². The van der Waals surface area contributed by atoms with E-state index >= 15 is 0 Å². The number of aromatic amines is 1. The van der Waals surface area contributed by atoms with E-state index in [9.17, 15) is 22.8 Å². The molecule has 0 radical (unpaired) electrons. The maximum Gasteiger partial charge on any atom is 0.254 e. The van der Waals surface area contributed by atoms with Crippen LogP contribution in [-0.2, 0) is 25.8 Å². The molecule has 77 heavy (non-hydrogen) atoms. The number of ether oxygens (including phenoxy) is 1. The average Bonchev–Trinajstić information content (AvgIpc) is 4.01. The Morgan fingerprint density at radius 3 is 2.38 bits per heavy atom. The van der Waals surface area contributed by atoms with Gasteiger partial charge in [-0.2, -0.15) is 5.10 Å². The molecule has 0 bridgehead atoms. The lowest BCUT2D eigenvalue weighted by Crippen LogP contribution is -2.56. The largest absolute Gasteiger partial charge is 0.492 e. The first kappa shape index (κ1) is 55.5. The lowest BCUT2D eigenvalue weighted by Gasteiger charge is -2.36. The van der Waals surface area contributed by atoms with Crippen LogP contribution < -0.4 is 36.2 Å². The Kier molecular flexibility index (Phi) is 17.4. The zero-order valence-corrected chi connectivity index (χ0v) is 46.6. The third-order valence-corrected chi connectivity index (χ3v) is 18.7. The van der Waals surface area contributed by atoms with Gasteiger partial charge in [0.1, 0.15) is 28.8 Å². The van der Waals surface area contributed by atoms with Gasteiger partial charge in [-0.05, 0) is 117 Å². The molecule has 5 atom stereocenters. The summed E-state index contributed by atoms with van der Waals surface area (Å²) in [6.45, 7) is 15.7. The van der Waals surface area contributed by atoms with Gasteiger partial charge in [-0.3, -0.25) is 24.4 Å². The molecular weight excluding hydrogens is 997 g/mol. The summed E-state index contributed by atoms with van der Waals surface area (Å²) < 4.78 is 33.2. The SMILES string of the molecule is CN[C@@H](C)CN[C@H](C(=O)N1C[C@@H](NC(=O)c2cnc(N3CCN(CCCOc4cc5ncnc(Nc6n[nH]c(C)c6C)c5cc4S(=O)(=O)C(C)(C)C)CC3)nc2)C[C@H]1C(=O)N[C@@H]1CCCc2ccccc21)C1CCCCC1. The fraction of sp³-hybridized carbons (Fsp3) is 0.571. The summed E-state index contributed by atoms with van der Waals surface area (Å²) in [6.07, 6.45) is 13.5. The number of hydrogen-bond donors (Lipinski definition) is 6. The molecule has 3 aromatic heterocycles. The van der Waals surface area contributed by atoms with Gasteiger partial charge in [0.05, 0.1) is 34.5 Å². The van der Waals surface area contributed by atoms with Crippen LogP contribution >= 0.6 is 0 Å². The summed E-state index contributed by atoms with van der Waals surface area (Å²) in [4.78, 5) is 67.6. The van der Waals surface area contributed by atoms with Crippen LogP contribution in [0.15, 0.2) is 60.0 Å². The highest BCUT2D eigenvalue weighted by molar-refractivity contribution is 7.92. The number of benzene rings is 2. The molecule has 414 valence electrons. The molecule has 0 spiro atoms.